The minimum absolute atomic E-state index is 0.0867. The minimum Gasteiger partial charge on any atom is -0.477 e. The average Bonchev–Trinajstić information content (AvgIpc) is 3.14. The van der Waals surface area contributed by atoms with Crippen LogP contribution in [-0.2, 0) is 23.2 Å². The number of hydrogen-bond donors (Lipinski definition) is 2. The second-order valence-corrected chi connectivity index (χ2v) is 8.28. The molecule has 1 saturated heterocycles. The fraction of sp³-hybridized carbons (Fsp3) is 0.450. The molecule has 148 valence electrons. The highest BCUT2D eigenvalue weighted by atomic mass is 32.1. The normalized spacial score (nSPS) is 18.1. The summed E-state index contributed by atoms with van der Waals surface area (Å²) in [5.41, 5.74) is 1.54. The summed E-state index contributed by atoms with van der Waals surface area (Å²) in [7, 11) is 0. The van der Waals surface area contributed by atoms with Crippen LogP contribution < -0.4 is 5.56 Å². The number of piperidine rings is 1. The topological polar surface area (TPSA) is 99.7 Å². The SMILES string of the molecule is CCc1[nH]c(=O)ccc1C(=O)N1CCC2(CC1)OCCc1cc(C(=O)O)sc12. The van der Waals surface area contributed by atoms with Gasteiger partial charge in [0.25, 0.3) is 5.91 Å². The van der Waals surface area contributed by atoms with Gasteiger partial charge in [0.05, 0.1) is 12.2 Å². The number of carbonyl (C=O) groups is 2. The van der Waals surface area contributed by atoms with E-state index in [1.54, 1.807) is 17.0 Å². The number of thiophene rings is 1. The van der Waals surface area contributed by atoms with Crippen LogP contribution in [0.15, 0.2) is 23.0 Å². The number of aromatic nitrogens is 1. The van der Waals surface area contributed by atoms with Crippen molar-refractivity contribution in [2.45, 2.75) is 38.2 Å². The van der Waals surface area contributed by atoms with E-state index in [-0.39, 0.29) is 11.5 Å². The van der Waals surface area contributed by atoms with Gasteiger partial charge in [-0.1, -0.05) is 6.92 Å². The van der Waals surface area contributed by atoms with E-state index in [1.165, 1.54) is 17.4 Å². The molecular weight excluding hydrogens is 380 g/mol. The molecule has 8 heteroatoms. The molecule has 0 saturated carbocycles. The zero-order valence-corrected chi connectivity index (χ0v) is 16.4. The molecule has 1 spiro atoms. The van der Waals surface area contributed by atoms with Crippen molar-refractivity contribution in [3.05, 3.63) is 55.1 Å². The Balaban J connectivity index is 1.55. The molecule has 0 atom stereocenters. The van der Waals surface area contributed by atoms with E-state index in [4.69, 9.17) is 4.74 Å². The maximum absolute atomic E-state index is 13.0. The number of pyridine rings is 1. The lowest BCUT2D eigenvalue weighted by molar-refractivity contribution is -0.0906. The zero-order chi connectivity index (χ0) is 19.9. The molecule has 2 aromatic heterocycles. The van der Waals surface area contributed by atoms with Gasteiger partial charge in [-0.15, -0.1) is 11.3 Å². The molecule has 2 N–H and O–H groups in total. The van der Waals surface area contributed by atoms with E-state index in [9.17, 15) is 19.5 Å². The van der Waals surface area contributed by atoms with E-state index >= 15 is 0 Å². The number of amides is 1. The molecule has 0 aromatic carbocycles. The average molecular weight is 402 g/mol. The summed E-state index contributed by atoms with van der Waals surface area (Å²) in [5, 5.41) is 9.32. The number of rotatable bonds is 3. The van der Waals surface area contributed by atoms with Gasteiger partial charge in [0.15, 0.2) is 0 Å². The Bertz CT molecular complexity index is 985. The molecule has 7 nitrogen and oxygen atoms in total. The number of nitrogens with one attached hydrogen (secondary N) is 1. The quantitative estimate of drug-likeness (QED) is 0.821. The van der Waals surface area contributed by atoms with Crippen molar-refractivity contribution in [1.29, 1.82) is 0 Å². The summed E-state index contributed by atoms with van der Waals surface area (Å²) in [6.45, 7) is 3.53. The van der Waals surface area contributed by atoms with Gasteiger partial charge >= 0.3 is 5.97 Å². The third-order valence-corrected chi connectivity index (χ3v) is 6.98. The molecule has 2 aromatic rings. The van der Waals surface area contributed by atoms with Crippen LogP contribution in [0.1, 0.15) is 55.9 Å². The predicted molar refractivity (Wildman–Crippen MR) is 104 cm³/mol. The number of carbonyl (C=O) groups excluding carboxylic acids is 1. The molecule has 4 heterocycles. The number of aryl methyl sites for hydroxylation is 1. The molecule has 1 fully saturated rings. The fourth-order valence-corrected chi connectivity index (χ4v) is 5.39. The number of H-pyrrole nitrogens is 1. The lowest BCUT2D eigenvalue weighted by Crippen LogP contribution is -2.48. The smallest absolute Gasteiger partial charge is 0.345 e. The van der Waals surface area contributed by atoms with E-state index in [0.29, 0.717) is 55.1 Å². The highest BCUT2D eigenvalue weighted by molar-refractivity contribution is 7.14. The Kier molecular flexibility index (Phi) is 4.84. The van der Waals surface area contributed by atoms with Crippen LogP contribution in [0.25, 0.3) is 0 Å². The molecule has 1 amide bonds. The third kappa shape index (κ3) is 3.16. The summed E-state index contributed by atoms with van der Waals surface area (Å²) in [5.74, 6) is -0.997. The van der Waals surface area contributed by atoms with Crippen LogP contribution in [0.3, 0.4) is 0 Å². The van der Waals surface area contributed by atoms with Gasteiger partial charge < -0.3 is 19.7 Å². The number of fused-ring (bicyclic) bond motifs is 2. The monoisotopic (exact) mass is 402 g/mol. The van der Waals surface area contributed by atoms with Crippen molar-refractivity contribution in [1.82, 2.24) is 9.88 Å². The van der Waals surface area contributed by atoms with Crippen LogP contribution in [0, 0.1) is 0 Å². The molecular formula is C20H22N2O5S. The van der Waals surface area contributed by atoms with E-state index in [2.05, 4.69) is 4.98 Å². The predicted octanol–water partition coefficient (Wildman–Crippen LogP) is 2.40. The Labute approximate surface area is 166 Å². The zero-order valence-electron chi connectivity index (χ0n) is 15.6. The summed E-state index contributed by atoms with van der Waals surface area (Å²) in [4.78, 5) is 41.8. The molecule has 0 radical (unpaired) electrons. The number of hydrogen-bond acceptors (Lipinski definition) is 5. The first-order chi connectivity index (χ1) is 13.4. The van der Waals surface area contributed by atoms with Crippen LogP contribution in [0.2, 0.25) is 0 Å². The first-order valence-electron chi connectivity index (χ1n) is 9.45. The van der Waals surface area contributed by atoms with Gasteiger partial charge in [-0.05, 0) is 43.4 Å². The molecule has 0 bridgehead atoms. The Morgan fingerprint density at radius 1 is 1.32 bits per heavy atom. The van der Waals surface area contributed by atoms with Crippen LogP contribution in [0.4, 0.5) is 0 Å². The van der Waals surface area contributed by atoms with Crippen LogP contribution >= 0.6 is 11.3 Å². The summed E-state index contributed by atoms with van der Waals surface area (Å²) in [6, 6.07) is 4.74. The van der Waals surface area contributed by atoms with Crippen molar-refractivity contribution < 1.29 is 19.4 Å². The maximum Gasteiger partial charge on any atom is 0.345 e. The standard InChI is InChI=1S/C20H22N2O5S/c1-2-14-13(3-4-16(23)21-14)18(24)22-8-6-20(7-9-22)17-12(5-10-27-20)11-15(28-17)19(25)26/h3-4,11H,2,5-10H2,1H3,(H,21,23)(H,25,26). The largest absolute Gasteiger partial charge is 0.477 e. The second kappa shape index (κ2) is 7.18. The van der Waals surface area contributed by atoms with E-state index in [0.717, 1.165) is 16.9 Å². The van der Waals surface area contributed by atoms with E-state index < -0.39 is 11.6 Å². The van der Waals surface area contributed by atoms with Gasteiger partial charge in [-0.25, -0.2) is 4.79 Å². The first kappa shape index (κ1) is 18.9. The highest BCUT2D eigenvalue weighted by Gasteiger charge is 2.43. The molecule has 2 aliphatic rings. The summed E-state index contributed by atoms with van der Waals surface area (Å²) in [6.07, 6.45) is 2.57. The number of carboxylic acids is 1. The lowest BCUT2D eigenvalue weighted by Gasteiger charge is -2.43. The first-order valence-corrected chi connectivity index (χ1v) is 10.3. The Hall–Kier alpha value is -2.45. The van der Waals surface area contributed by atoms with Crippen molar-refractivity contribution in [2.24, 2.45) is 0 Å². The number of carboxylic acid groups (broad SMARTS) is 1. The van der Waals surface area contributed by atoms with Crippen LogP contribution in [0.5, 0.6) is 0 Å². The van der Waals surface area contributed by atoms with Crippen molar-refractivity contribution in [3.63, 3.8) is 0 Å². The lowest BCUT2D eigenvalue weighted by atomic mass is 9.85. The minimum atomic E-state index is -0.910. The van der Waals surface area contributed by atoms with Crippen LogP contribution in [-0.4, -0.2) is 46.6 Å². The molecule has 0 unspecified atom stereocenters. The fourth-order valence-electron chi connectivity index (χ4n) is 4.14. The van der Waals surface area contributed by atoms with Gasteiger partial charge in [-0.3, -0.25) is 9.59 Å². The maximum atomic E-state index is 13.0. The van der Waals surface area contributed by atoms with Gasteiger partial charge in [0.1, 0.15) is 10.5 Å². The Morgan fingerprint density at radius 3 is 2.75 bits per heavy atom. The molecule has 4 rings (SSSR count). The number of aromatic carboxylic acids is 1. The van der Waals surface area contributed by atoms with Gasteiger partial charge in [-0.2, -0.15) is 0 Å². The Morgan fingerprint density at radius 2 is 2.07 bits per heavy atom. The number of aromatic amines is 1. The third-order valence-electron chi connectivity index (χ3n) is 5.63. The van der Waals surface area contributed by atoms with Gasteiger partial charge in [0, 0.05) is 29.7 Å². The van der Waals surface area contributed by atoms with Crippen molar-refractivity contribution >= 4 is 23.2 Å². The number of likely N-dealkylation sites (tertiary alicyclic amines) is 1. The highest BCUT2D eigenvalue weighted by Crippen LogP contribution is 2.45. The summed E-state index contributed by atoms with van der Waals surface area (Å²) >= 11 is 1.29. The summed E-state index contributed by atoms with van der Waals surface area (Å²) < 4.78 is 6.15. The van der Waals surface area contributed by atoms with Gasteiger partial charge in [0.2, 0.25) is 5.56 Å². The second-order valence-electron chi connectivity index (χ2n) is 7.22. The number of ether oxygens (including phenoxy) is 1. The molecule has 2 aliphatic heterocycles. The van der Waals surface area contributed by atoms with E-state index in [1.807, 2.05) is 6.92 Å². The molecule has 0 aliphatic carbocycles. The van der Waals surface area contributed by atoms with Crippen molar-refractivity contribution in [2.75, 3.05) is 19.7 Å². The number of nitrogens with zero attached hydrogens (tertiary/aromatic N) is 1. The molecule has 28 heavy (non-hydrogen) atoms. The van der Waals surface area contributed by atoms with Crippen molar-refractivity contribution in [3.8, 4) is 0 Å².